The fourth-order valence-electron chi connectivity index (χ4n) is 2.73. The molecule has 0 radical (unpaired) electrons. The Morgan fingerprint density at radius 3 is 2.76 bits per heavy atom. The van der Waals surface area contributed by atoms with Gasteiger partial charge in [0.15, 0.2) is 0 Å². The summed E-state index contributed by atoms with van der Waals surface area (Å²) in [5.74, 6) is -0.0141. The molecule has 0 saturated heterocycles. The molecule has 1 atom stereocenters. The van der Waals surface area contributed by atoms with Gasteiger partial charge in [-0.2, -0.15) is 0 Å². The van der Waals surface area contributed by atoms with Gasteiger partial charge in [-0.15, -0.1) is 0 Å². The highest BCUT2D eigenvalue weighted by Crippen LogP contribution is 2.17. The number of hydrogen-bond donors (Lipinski definition) is 2. The van der Waals surface area contributed by atoms with Crippen molar-refractivity contribution < 1.29 is 4.79 Å². The van der Waals surface area contributed by atoms with Gasteiger partial charge in [0.2, 0.25) is 0 Å². The van der Waals surface area contributed by atoms with Crippen LogP contribution in [0.15, 0.2) is 48.5 Å². The van der Waals surface area contributed by atoms with Crippen LogP contribution in [-0.2, 0) is 13.0 Å². The Bertz CT molecular complexity index is 637. The van der Waals surface area contributed by atoms with E-state index < -0.39 is 0 Å². The monoisotopic (exact) mass is 280 g/mol. The van der Waals surface area contributed by atoms with Crippen LogP contribution < -0.4 is 10.6 Å². The molecule has 1 heterocycles. The van der Waals surface area contributed by atoms with Crippen molar-refractivity contribution in [2.75, 3.05) is 6.54 Å². The third kappa shape index (κ3) is 3.14. The van der Waals surface area contributed by atoms with Crippen LogP contribution in [0.4, 0.5) is 0 Å². The lowest BCUT2D eigenvalue weighted by atomic mass is 9.98. The number of nitrogens with one attached hydrogen (secondary N) is 2. The number of hydrogen-bond acceptors (Lipinski definition) is 2. The Labute approximate surface area is 125 Å². The third-order valence-electron chi connectivity index (χ3n) is 4.00. The molecule has 2 aromatic rings. The van der Waals surface area contributed by atoms with Crippen molar-refractivity contribution >= 4 is 5.91 Å². The Morgan fingerprint density at radius 2 is 1.95 bits per heavy atom. The zero-order valence-electron chi connectivity index (χ0n) is 12.2. The fourth-order valence-corrected chi connectivity index (χ4v) is 2.73. The highest BCUT2D eigenvalue weighted by atomic mass is 16.1. The Hall–Kier alpha value is -2.13. The summed E-state index contributed by atoms with van der Waals surface area (Å²) >= 11 is 0. The van der Waals surface area contributed by atoms with Gasteiger partial charge >= 0.3 is 0 Å². The molecule has 108 valence electrons. The van der Waals surface area contributed by atoms with Crippen LogP contribution in [-0.4, -0.2) is 12.5 Å². The maximum absolute atomic E-state index is 12.4. The summed E-state index contributed by atoms with van der Waals surface area (Å²) in [7, 11) is 0. The SMILES string of the molecule is CC(NC(=O)c1ccc2c(c1)CNCC2)c1ccccc1. The van der Waals surface area contributed by atoms with Gasteiger partial charge in [-0.3, -0.25) is 4.79 Å². The fraction of sp³-hybridized carbons (Fsp3) is 0.278. The van der Waals surface area contributed by atoms with Gasteiger partial charge in [0.25, 0.3) is 5.91 Å². The van der Waals surface area contributed by atoms with Gasteiger partial charge in [-0.05, 0) is 48.7 Å². The molecule has 21 heavy (non-hydrogen) atoms. The summed E-state index contributed by atoms with van der Waals surface area (Å²) in [5.41, 5.74) is 4.44. The summed E-state index contributed by atoms with van der Waals surface area (Å²) in [4.78, 5) is 12.4. The lowest BCUT2D eigenvalue weighted by molar-refractivity contribution is 0.0939. The number of rotatable bonds is 3. The molecule has 2 aromatic carbocycles. The van der Waals surface area contributed by atoms with Crippen LogP contribution in [0.25, 0.3) is 0 Å². The Kier molecular flexibility index (Phi) is 4.02. The van der Waals surface area contributed by atoms with Crippen LogP contribution in [0.1, 0.15) is 40.0 Å². The van der Waals surface area contributed by atoms with E-state index in [2.05, 4.69) is 16.7 Å². The van der Waals surface area contributed by atoms with Gasteiger partial charge in [0.05, 0.1) is 6.04 Å². The summed E-state index contributed by atoms with van der Waals surface area (Å²) < 4.78 is 0. The van der Waals surface area contributed by atoms with E-state index in [-0.39, 0.29) is 11.9 Å². The quantitative estimate of drug-likeness (QED) is 0.907. The molecule has 3 nitrogen and oxygen atoms in total. The maximum atomic E-state index is 12.4. The van der Waals surface area contributed by atoms with E-state index in [9.17, 15) is 4.79 Å². The van der Waals surface area contributed by atoms with E-state index >= 15 is 0 Å². The second kappa shape index (κ2) is 6.10. The van der Waals surface area contributed by atoms with Crippen molar-refractivity contribution in [1.82, 2.24) is 10.6 Å². The van der Waals surface area contributed by atoms with Gasteiger partial charge in [-0.1, -0.05) is 36.4 Å². The second-order valence-electron chi connectivity index (χ2n) is 5.52. The first-order chi connectivity index (χ1) is 10.2. The van der Waals surface area contributed by atoms with Crippen LogP contribution in [0.3, 0.4) is 0 Å². The van der Waals surface area contributed by atoms with Crippen molar-refractivity contribution in [2.24, 2.45) is 0 Å². The lowest BCUT2D eigenvalue weighted by Gasteiger charge is -2.19. The van der Waals surface area contributed by atoms with E-state index in [0.717, 1.165) is 30.6 Å². The van der Waals surface area contributed by atoms with Gasteiger partial charge in [0.1, 0.15) is 0 Å². The minimum atomic E-state index is -0.0141. The number of amides is 1. The molecule has 0 aromatic heterocycles. The standard InChI is InChI=1S/C18H20N2O/c1-13(14-5-3-2-4-6-14)20-18(21)16-8-7-15-9-10-19-12-17(15)11-16/h2-8,11,13,19H,9-10,12H2,1H3,(H,20,21). The van der Waals surface area contributed by atoms with Crippen LogP contribution in [0.5, 0.6) is 0 Å². The summed E-state index contributed by atoms with van der Waals surface area (Å²) in [5, 5.41) is 6.40. The molecular formula is C18H20N2O. The molecule has 1 aliphatic heterocycles. The van der Waals surface area contributed by atoms with E-state index in [1.54, 1.807) is 0 Å². The number of carbonyl (C=O) groups excluding carboxylic acids is 1. The van der Waals surface area contributed by atoms with Crippen molar-refractivity contribution in [3.63, 3.8) is 0 Å². The minimum absolute atomic E-state index is 0.00728. The predicted octanol–water partition coefficient (Wildman–Crippen LogP) is 2.82. The molecular weight excluding hydrogens is 260 g/mol. The average Bonchev–Trinajstić information content (AvgIpc) is 2.55. The molecule has 1 aliphatic rings. The summed E-state index contributed by atoms with van der Waals surface area (Å²) in [6.07, 6.45) is 1.04. The molecule has 0 bridgehead atoms. The van der Waals surface area contributed by atoms with Gasteiger partial charge in [0, 0.05) is 12.1 Å². The lowest BCUT2D eigenvalue weighted by Crippen LogP contribution is -2.28. The van der Waals surface area contributed by atoms with Gasteiger partial charge < -0.3 is 10.6 Å². The first kappa shape index (κ1) is 13.8. The third-order valence-corrected chi connectivity index (χ3v) is 4.00. The average molecular weight is 280 g/mol. The van der Waals surface area contributed by atoms with Crippen molar-refractivity contribution in [2.45, 2.75) is 25.9 Å². The zero-order valence-corrected chi connectivity index (χ0v) is 12.2. The van der Waals surface area contributed by atoms with Crippen molar-refractivity contribution in [3.8, 4) is 0 Å². The van der Waals surface area contributed by atoms with Crippen molar-refractivity contribution in [1.29, 1.82) is 0 Å². The molecule has 3 heteroatoms. The Morgan fingerprint density at radius 1 is 1.14 bits per heavy atom. The molecule has 2 N–H and O–H groups in total. The highest BCUT2D eigenvalue weighted by molar-refractivity contribution is 5.94. The molecule has 0 aliphatic carbocycles. The number of fused-ring (bicyclic) bond motifs is 1. The van der Waals surface area contributed by atoms with Crippen LogP contribution >= 0.6 is 0 Å². The van der Waals surface area contributed by atoms with E-state index in [4.69, 9.17) is 0 Å². The molecule has 1 amide bonds. The van der Waals surface area contributed by atoms with Crippen LogP contribution in [0.2, 0.25) is 0 Å². The largest absolute Gasteiger partial charge is 0.346 e. The van der Waals surface area contributed by atoms with E-state index in [0.29, 0.717) is 0 Å². The first-order valence-electron chi connectivity index (χ1n) is 7.42. The number of benzene rings is 2. The van der Waals surface area contributed by atoms with E-state index in [1.165, 1.54) is 11.1 Å². The molecule has 0 fully saturated rings. The zero-order chi connectivity index (χ0) is 14.7. The Balaban J connectivity index is 1.73. The summed E-state index contributed by atoms with van der Waals surface area (Å²) in [6, 6.07) is 16.0. The second-order valence-corrected chi connectivity index (χ2v) is 5.52. The number of carbonyl (C=O) groups is 1. The minimum Gasteiger partial charge on any atom is -0.346 e. The van der Waals surface area contributed by atoms with Crippen molar-refractivity contribution in [3.05, 3.63) is 70.8 Å². The maximum Gasteiger partial charge on any atom is 0.251 e. The predicted molar refractivity (Wildman–Crippen MR) is 84.2 cm³/mol. The molecule has 1 unspecified atom stereocenters. The van der Waals surface area contributed by atoms with E-state index in [1.807, 2.05) is 49.4 Å². The molecule has 0 saturated carbocycles. The molecule has 3 rings (SSSR count). The smallest absolute Gasteiger partial charge is 0.251 e. The summed E-state index contributed by atoms with van der Waals surface area (Å²) in [6.45, 7) is 3.88. The first-order valence-corrected chi connectivity index (χ1v) is 7.42. The topological polar surface area (TPSA) is 41.1 Å². The highest BCUT2D eigenvalue weighted by Gasteiger charge is 2.14. The normalized spacial score (nSPS) is 15.1. The molecule has 0 spiro atoms. The van der Waals surface area contributed by atoms with Crippen LogP contribution in [0, 0.1) is 0 Å². The van der Waals surface area contributed by atoms with Gasteiger partial charge in [-0.25, -0.2) is 0 Å².